The molecule has 39 heavy (non-hydrogen) atoms. The van der Waals surface area contributed by atoms with Gasteiger partial charge in [-0.1, -0.05) is 45.9 Å². The van der Waals surface area contributed by atoms with Crippen molar-refractivity contribution >= 4 is 34.1 Å². The third kappa shape index (κ3) is 6.06. The number of carbonyl (C=O) groups excluding carboxylic acids is 2. The molecule has 1 aliphatic carbocycles. The Morgan fingerprint density at radius 2 is 1.67 bits per heavy atom. The summed E-state index contributed by atoms with van der Waals surface area (Å²) >= 11 is 0. The smallest absolute Gasteiger partial charge is 0.274 e. The summed E-state index contributed by atoms with van der Waals surface area (Å²) < 4.78 is 0. The van der Waals surface area contributed by atoms with Gasteiger partial charge in [0.05, 0.1) is 5.41 Å². The number of anilines is 2. The Bertz CT molecular complexity index is 1440. The molecule has 0 saturated heterocycles. The molecule has 2 amide bonds. The molecule has 0 radical (unpaired) electrons. The first-order chi connectivity index (χ1) is 18.7. The van der Waals surface area contributed by atoms with Crippen LogP contribution in [0.15, 0.2) is 72.9 Å². The minimum Gasteiger partial charge on any atom is -0.355 e. The van der Waals surface area contributed by atoms with Crippen molar-refractivity contribution in [2.24, 2.45) is 23.2 Å². The second kappa shape index (κ2) is 11.0. The largest absolute Gasteiger partial charge is 0.355 e. The lowest BCUT2D eigenvalue weighted by Crippen LogP contribution is -2.43. The van der Waals surface area contributed by atoms with Crippen LogP contribution in [0.3, 0.4) is 0 Å². The van der Waals surface area contributed by atoms with E-state index in [1.165, 1.54) is 6.42 Å². The number of amides is 2. The SMILES string of the molecule is CC(C)CC1(C(=O)Nc2ccc3[nH]c(-c4ccc(NC(=O)c5ccccn5)cc4)cc3c2)CC(C)CC(C)C1. The van der Waals surface area contributed by atoms with Crippen LogP contribution < -0.4 is 10.6 Å². The number of nitrogens with zero attached hydrogens (tertiary/aromatic N) is 1. The summed E-state index contributed by atoms with van der Waals surface area (Å²) in [6.45, 7) is 9.00. The van der Waals surface area contributed by atoms with Gasteiger partial charge in [-0.15, -0.1) is 0 Å². The maximum atomic E-state index is 13.7. The van der Waals surface area contributed by atoms with Gasteiger partial charge in [-0.3, -0.25) is 14.6 Å². The standard InChI is InChI=1S/C33H38N4O2/c1-21(2)18-33(19-22(3)15-23(4)20-33)32(39)36-27-12-13-28-25(16-27)17-30(37-28)24-8-10-26(11-9-24)35-31(38)29-7-5-6-14-34-29/h5-14,16-17,21-23,37H,15,18-20H2,1-4H3,(H,35,38)(H,36,39). The molecule has 1 fully saturated rings. The monoisotopic (exact) mass is 522 g/mol. The van der Waals surface area contributed by atoms with Crippen LogP contribution in [0.1, 0.15) is 63.9 Å². The average Bonchev–Trinajstić information content (AvgIpc) is 3.32. The van der Waals surface area contributed by atoms with Crippen LogP contribution in [0.2, 0.25) is 0 Å². The van der Waals surface area contributed by atoms with E-state index in [9.17, 15) is 9.59 Å². The van der Waals surface area contributed by atoms with E-state index < -0.39 is 0 Å². The summed E-state index contributed by atoms with van der Waals surface area (Å²) in [5.74, 6) is 1.51. The number of hydrogen-bond donors (Lipinski definition) is 3. The van der Waals surface area contributed by atoms with Gasteiger partial charge in [0.25, 0.3) is 5.91 Å². The van der Waals surface area contributed by atoms with Gasteiger partial charge in [0.1, 0.15) is 5.69 Å². The van der Waals surface area contributed by atoms with Gasteiger partial charge < -0.3 is 15.6 Å². The van der Waals surface area contributed by atoms with Crippen molar-refractivity contribution in [2.75, 3.05) is 10.6 Å². The Balaban J connectivity index is 1.31. The molecule has 2 aromatic heterocycles. The van der Waals surface area contributed by atoms with E-state index in [-0.39, 0.29) is 17.2 Å². The van der Waals surface area contributed by atoms with Gasteiger partial charge in [-0.25, -0.2) is 0 Å². The highest BCUT2D eigenvalue weighted by Crippen LogP contribution is 2.47. The highest BCUT2D eigenvalue weighted by Gasteiger charge is 2.44. The fourth-order valence-electron chi connectivity index (χ4n) is 6.55. The van der Waals surface area contributed by atoms with Crippen molar-refractivity contribution in [2.45, 2.75) is 53.4 Å². The third-order valence-electron chi connectivity index (χ3n) is 7.79. The van der Waals surface area contributed by atoms with Crippen LogP contribution in [-0.4, -0.2) is 21.8 Å². The number of pyridine rings is 1. The van der Waals surface area contributed by atoms with Crippen molar-refractivity contribution in [3.8, 4) is 11.3 Å². The highest BCUT2D eigenvalue weighted by atomic mass is 16.2. The molecule has 3 N–H and O–H groups in total. The van der Waals surface area contributed by atoms with Crippen LogP contribution in [0.25, 0.3) is 22.2 Å². The maximum absolute atomic E-state index is 13.7. The summed E-state index contributed by atoms with van der Waals surface area (Å²) in [4.78, 5) is 33.7. The number of fused-ring (bicyclic) bond motifs is 1. The van der Waals surface area contributed by atoms with Crippen LogP contribution in [-0.2, 0) is 4.79 Å². The second-order valence-corrected chi connectivity index (χ2v) is 11.9. The Morgan fingerprint density at radius 3 is 2.33 bits per heavy atom. The molecule has 0 aliphatic heterocycles. The second-order valence-electron chi connectivity index (χ2n) is 11.9. The minimum absolute atomic E-state index is 0.160. The number of carbonyl (C=O) groups is 2. The molecule has 2 atom stereocenters. The topological polar surface area (TPSA) is 86.9 Å². The number of benzene rings is 2. The molecule has 6 heteroatoms. The zero-order chi connectivity index (χ0) is 27.6. The molecule has 0 bridgehead atoms. The number of rotatable bonds is 7. The molecule has 2 unspecified atom stereocenters. The number of aromatic amines is 1. The molecule has 202 valence electrons. The normalized spacial score (nSPS) is 21.2. The molecule has 2 heterocycles. The van der Waals surface area contributed by atoms with Crippen molar-refractivity contribution in [3.63, 3.8) is 0 Å². The lowest BCUT2D eigenvalue weighted by Gasteiger charge is -2.42. The number of H-pyrrole nitrogens is 1. The summed E-state index contributed by atoms with van der Waals surface area (Å²) in [6.07, 6.45) is 5.63. The summed E-state index contributed by atoms with van der Waals surface area (Å²) in [7, 11) is 0. The van der Waals surface area contributed by atoms with Gasteiger partial charge in [0.2, 0.25) is 5.91 Å². The predicted molar refractivity (Wildman–Crippen MR) is 159 cm³/mol. The van der Waals surface area contributed by atoms with Gasteiger partial charge in [0.15, 0.2) is 0 Å². The van der Waals surface area contributed by atoms with E-state index >= 15 is 0 Å². The number of nitrogens with one attached hydrogen (secondary N) is 3. The molecule has 4 aromatic rings. The van der Waals surface area contributed by atoms with Gasteiger partial charge in [-0.2, -0.15) is 0 Å². The van der Waals surface area contributed by atoms with Gasteiger partial charge in [0, 0.05) is 34.2 Å². The van der Waals surface area contributed by atoms with E-state index in [1.54, 1.807) is 24.4 Å². The lowest BCUT2D eigenvalue weighted by molar-refractivity contribution is -0.130. The highest BCUT2D eigenvalue weighted by molar-refractivity contribution is 6.03. The first kappa shape index (κ1) is 26.7. The van der Waals surface area contributed by atoms with E-state index in [2.05, 4.69) is 54.4 Å². The molecule has 2 aromatic carbocycles. The Kier molecular flexibility index (Phi) is 7.56. The summed E-state index contributed by atoms with van der Waals surface area (Å²) in [5.41, 5.74) is 4.60. The Morgan fingerprint density at radius 1 is 0.949 bits per heavy atom. The van der Waals surface area contributed by atoms with Crippen LogP contribution in [0, 0.1) is 23.2 Å². The molecule has 6 nitrogen and oxygen atoms in total. The molecule has 1 saturated carbocycles. The first-order valence-corrected chi connectivity index (χ1v) is 14.0. The van der Waals surface area contributed by atoms with Crippen LogP contribution >= 0.6 is 0 Å². The van der Waals surface area contributed by atoms with Crippen LogP contribution in [0.5, 0.6) is 0 Å². The minimum atomic E-state index is -0.308. The third-order valence-corrected chi connectivity index (χ3v) is 7.79. The molecular formula is C33H38N4O2. The van der Waals surface area contributed by atoms with E-state index in [1.807, 2.05) is 42.5 Å². The van der Waals surface area contributed by atoms with Gasteiger partial charge in [-0.05, 0) is 97.5 Å². The number of hydrogen-bond acceptors (Lipinski definition) is 3. The summed E-state index contributed by atoms with van der Waals surface area (Å²) in [5, 5.41) is 7.21. The average molecular weight is 523 g/mol. The fraction of sp³-hybridized carbons (Fsp3) is 0.364. The number of aromatic nitrogens is 2. The molecule has 0 spiro atoms. The predicted octanol–water partition coefficient (Wildman–Crippen LogP) is 7.91. The van der Waals surface area contributed by atoms with E-state index in [0.717, 1.165) is 47.1 Å². The maximum Gasteiger partial charge on any atom is 0.274 e. The fourth-order valence-corrected chi connectivity index (χ4v) is 6.55. The zero-order valence-electron chi connectivity index (χ0n) is 23.3. The van der Waals surface area contributed by atoms with Crippen molar-refractivity contribution in [1.82, 2.24) is 9.97 Å². The Hall–Kier alpha value is -3.93. The summed E-state index contributed by atoms with van der Waals surface area (Å²) in [6, 6.07) is 21.1. The van der Waals surface area contributed by atoms with Gasteiger partial charge >= 0.3 is 0 Å². The Labute approximate surface area is 230 Å². The van der Waals surface area contributed by atoms with E-state index in [0.29, 0.717) is 29.1 Å². The lowest BCUT2D eigenvalue weighted by atomic mass is 9.62. The van der Waals surface area contributed by atoms with Crippen molar-refractivity contribution in [3.05, 3.63) is 78.6 Å². The first-order valence-electron chi connectivity index (χ1n) is 14.0. The molecule has 1 aliphatic rings. The zero-order valence-corrected chi connectivity index (χ0v) is 23.3. The van der Waals surface area contributed by atoms with E-state index in [4.69, 9.17) is 0 Å². The van der Waals surface area contributed by atoms with Crippen LogP contribution in [0.4, 0.5) is 11.4 Å². The van der Waals surface area contributed by atoms with Crippen molar-refractivity contribution < 1.29 is 9.59 Å². The molecule has 5 rings (SSSR count). The quantitative estimate of drug-likeness (QED) is 0.230. The van der Waals surface area contributed by atoms with Crippen molar-refractivity contribution in [1.29, 1.82) is 0 Å². The molecular weight excluding hydrogens is 484 g/mol.